The molecule has 27 heavy (non-hydrogen) atoms. The number of thioether (sulfide) groups is 1. The Morgan fingerprint density at radius 2 is 2.11 bits per heavy atom. The first-order chi connectivity index (χ1) is 12.8. The van der Waals surface area contributed by atoms with Crippen LogP contribution in [-0.4, -0.2) is 26.1 Å². The first-order valence-corrected chi connectivity index (χ1v) is 10.7. The molecule has 0 aliphatic heterocycles. The molecule has 0 unspecified atom stereocenters. The molecule has 0 atom stereocenters. The molecule has 0 radical (unpaired) electrons. The monoisotopic (exact) mass is 401 g/mol. The normalized spacial score (nSPS) is 11.3. The van der Waals surface area contributed by atoms with Gasteiger partial charge >= 0.3 is 0 Å². The molecule has 0 bridgehead atoms. The van der Waals surface area contributed by atoms with Crippen molar-refractivity contribution in [1.29, 1.82) is 0 Å². The van der Waals surface area contributed by atoms with Crippen LogP contribution in [-0.2, 0) is 12.3 Å². The molecule has 0 spiro atoms. The number of aryl methyl sites for hydroxylation is 3. The van der Waals surface area contributed by atoms with Crippen LogP contribution >= 0.6 is 23.1 Å². The third-order valence-corrected chi connectivity index (χ3v) is 6.79. The Hall–Kier alpha value is -2.12. The molecule has 0 amide bonds. The summed E-state index contributed by atoms with van der Waals surface area (Å²) in [6.07, 6.45) is 1.83. The maximum absolute atomic E-state index is 12.6. The number of ketones is 1. The fourth-order valence-corrected chi connectivity index (χ4v) is 5.00. The van der Waals surface area contributed by atoms with Crippen molar-refractivity contribution < 1.29 is 4.79 Å². The molecular weight excluding hydrogens is 378 g/mol. The van der Waals surface area contributed by atoms with Gasteiger partial charge in [-0.2, -0.15) is 0 Å². The van der Waals surface area contributed by atoms with E-state index >= 15 is 0 Å². The van der Waals surface area contributed by atoms with Gasteiger partial charge in [0, 0.05) is 28.4 Å². The number of aromatic nitrogens is 3. The second kappa shape index (κ2) is 7.86. The van der Waals surface area contributed by atoms with Crippen LogP contribution in [0.3, 0.4) is 0 Å². The van der Waals surface area contributed by atoms with Gasteiger partial charge in [-0.05, 0) is 39.3 Å². The van der Waals surface area contributed by atoms with Crippen LogP contribution in [0, 0.1) is 27.7 Å². The van der Waals surface area contributed by atoms with Gasteiger partial charge in [-0.3, -0.25) is 9.59 Å². The zero-order valence-corrected chi connectivity index (χ0v) is 17.6. The Kier molecular flexibility index (Phi) is 5.72. The molecule has 0 aliphatic carbocycles. The van der Waals surface area contributed by atoms with Gasteiger partial charge < -0.3 is 9.55 Å². The van der Waals surface area contributed by atoms with Gasteiger partial charge in [-0.25, -0.2) is 4.98 Å². The van der Waals surface area contributed by atoms with Crippen LogP contribution < -0.4 is 5.56 Å². The van der Waals surface area contributed by atoms with Gasteiger partial charge in [0.2, 0.25) is 0 Å². The van der Waals surface area contributed by atoms with E-state index in [2.05, 4.69) is 21.1 Å². The molecule has 142 valence electrons. The second-order valence-corrected chi connectivity index (χ2v) is 8.76. The number of H-pyrrole nitrogens is 1. The third-order valence-electron chi connectivity index (χ3n) is 4.75. The molecule has 3 aromatic rings. The van der Waals surface area contributed by atoms with Gasteiger partial charge in [-0.1, -0.05) is 6.08 Å². The highest BCUT2D eigenvalue weighted by atomic mass is 32.2. The van der Waals surface area contributed by atoms with Gasteiger partial charge in [0.25, 0.3) is 5.56 Å². The van der Waals surface area contributed by atoms with Crippen molar-refractivity contribution in [3.8, 4) is 0 Å². The molecule has 0 saturated heterocycles. The topological polar surface area (TPSA) is 67.8 Å². The smallest absolute Gasteiger partial charge is 0.259 e. The molecular formula is C20H23N3O2S2. The van der Waals surface area contributed by atoms with Crippen LogP contribution in [0.5, 0.6) is 0 Å². The molecule has 3 heterocycles. The number of thiophene rings is 1. The summed E-state index contributed by atoms with van der Waals surface area (Å²) in [6.45, 7) is 12.4. The summed E-state index contributed by atoms with van der Waals surface area (Å²) in [5.41, 5.74) is 3.67. The molecule has 3 rings (SSSR count). The minimum atomic E-state index is -0.100. The Bertz CT molecular complexity index is 1090. The molecule has 1 N–H and O–H groups in total. The lowest BCUT2D eigenvalue weighted by Gasteiger charge is -2.06. The number of Topliss-reactive ketones (excluding diaryl/α,β-unsaturated/α-hetero) is 1. The van der Waals surface area contributed by atoms with E-state index in [-0.39, 0.29) is 11.3 Å². The molecule has 0 aromatic carbocycles. The lowest BCUT2D eigenvalue weighted by Crippen LogP contribution is -2.11. The molecule has 0 aliphatic rings. The first kappa shape index (κ1) is 19.6. The number of carbonyl (C=O) groups excluding carboxylic acids is 1. The minimum absolute atomic E-state index is 0.0923. The largest absolute Gasteiger partial charge is 0.345 e. The predicted octanol–water partition coefficient (Wildman–Crippen LogP) is 4.32. The maximum Gasteiger partial charge on any atom is 0.259 e. The summed E-state index contributed by atoms with van der Waals surface area (Å²) in [4.78, 5) is 34.2. The average Bonchev–Trinajstić information content (AvgIpc) is 3.05. The van der Waals surface area contributed by atoms with Gasteiger partial charge in [-0.15, -0.1) is 29.7 Å². The Morgan fingerprint density at radius 1 is 1.37 bits per heavy atom. The van der Waals surface area contributed by atoms with E-state index in [1.807, 2.05) is 39.8 Å². The molecule has 0 fully saturated rings. The molecule has 5 nitrogen and oxygen atoms in total. The summed E-state index contributed by atoms with van der Waals surface area (Å²) in [6, 6.07) is 1.94. The van der Waals surface area contributed by atoms with E-state index in [0.717, 1.165) is 32.2 Å². The van der Waals surface area contributed by atoms with Gasteiger partial charge in [0.1, 0.15) is 10.7 Å². The van der Waals surface area contributed by atoms with E-state index in [1.165, 1.54) is 23.1 Å². The van der Waals surface area contributed by atoms with E-state index < -0.39 is 0 Å². The number of nitrogens with zero attached hydrogens (tertiary/aromatic N) is 2. The average molecular weight is 402 g/mol. The van der Waals surface area contributed by atoms with E-state index in [0.29, 0.717) is 29.3 Å². The summed E-state index contributed by atoms with van der Waals surface area (Å²) < 4.78 is 2.08. The van der Waals surface area contributed by atoms with Gasteiger partial charge in [0.05, 0.1) is 16.9 Å². The van der Waals surface area contributed by atoms with Crippen molar-refractivity contribution in [3.63, 3.8) is 0 Å². The van der Waals surface area contributed by atoms with Crippen molar-refractivity contribution in [2.24, 2.45) is 0 Å². The van der Waals surface area contributed by atoms with Crippen LogP contribution in [0.1, 0.15) is 38.0 Å². The predicted molar refractivity (Wildman–Crippen MR) is 114 cm³/mol. The molecule has 0 saturated carbocycles. The highest BCUT2D eigenvalue weighted by molar-refractivity contribution is 7.99. The highest BCUT2D eigenvalue weighted by Crippen LogP contribution is 2.26. The first-order valence-electron chi connectivity index (χ1n) is 8.71. The quantitative estimate of drug-likeness (QED) is 0.473. The summed E-state index contributed by atoms with van der Waals surface area (Å²) in [5.74, 6) is 1.55. The number of fused-ring (bicyclic) bond motifs is 1. The number of carbonyl (C=O) groups is 1. The minimum Gasteiger partial charge on any atom is -0.345 e. The number of aromatic amines is 1. The lowest BCUT2D eigenvalue weighted by atomic mass is 10.2. The summed E-state index contributed by atoms with van der Waals surface area (Å²) in [5, 5.41) is 0.678. The standard InChI is InChI=1S/C20H23N3O2S2/c1-6-7-23-11(2)8-15(13(23)4)16(24)9-26-10-17-21-19(25)18-12(3)14(5)27-20(18)22-17/h6,8H,1,7,9-10H2,2-5H3,(H,21,22,25). The van der Waals surface area contributed by atoms with E-state index in [4.69, 9.17) is 0 Å². The zero-order valence-electron chi connectivity index (χ0n) is 16.0. The van der Waals surface area contributed by atoms with Crippen molar-refractivity contribution in [3.05, 3.63) is 62.3 Å². The number of rotatable bonds is 7. The van der Waals surface area contributed by atoms with E-state index in [9.17, 15) is 9.59 Å². The van der Waals surface area contributed by atoms with Crippen LogP contribution in [0.2, 0.25) is 0 Å². The number of nitrogens with one attached hydrogen (secondary N) is 1. The Labute approximate surface area is 166 Å². The molecule has 3 aromatic heterocycles. The fourth-order valence-electron chi connectivity index (χ4n) is 3.18. The van der Waals surface area contributed by atoms with Crippen molar-refractivity contribution in [2.45, 2.75) is 40.0 Å². The summed E-state index contributed by atoms with van der Waals surface area (Å²) in [7, 11) is 0. The lowest BCUT2D eigenvalue weighted by molar-refractivity contribution is 0.102. The van der Waals surface area contributed by atoms with E-state index in [1.54, 1.807) is 0 Å². The Balaban J connectivity index is 1.71. The fraction of sp³-hybridized carbons (Fsp3) is 0.350. The van der Waals surface area contributed by atoms with Crippen molar-refractivity contribution >= 4 is 39.1 Å². The van der Waals surface area contributed by atoms with Crippen molar-refractivity contribution in [1.82, 2.24) is 14.5 Å². The highest BCUT2D eigenvalue weighted by Gasteiger charge is 2.16. The van der Waals surface area contributed by atoms with Gasteiger partial charge in [0.15, 0.2) is 5.78 Å². The second-order valence-electron chi connectivity index (χ2n) is 6.58. The summed E-state index contributed by atoms with van der Waals surface area (Å²) >= 11 is 3.00. The Morgan fingerprint density at radius 3 is 2.81 bits per heavy atom. The molecule has 7 heteroatoms. The van der Waals surface area contributed by atoms with Crippen molar-refractivity contribution in [2.75, 3.05) is 5.75 Å². The maximum atomic E-state index is 12.6. The van der Waals surface area contributed by atoms with Crippen LogP contribution in [0.4, 0.5) is 0 Å². The number of allylic oxidation sites excluding steroid dienone is 1. The van der Waals surface area contributed by atoms with Crippen LogP contribution in [0.25, 0.3) is 10.2 Å². The SMILES string of the molecule is C=CCn1c(C)cc(C(=O)CSCc2nc3sc(C)c(C)c3c(=O)[nH]2)c1C. The van der Waals surface area contributed by atoms with Crippen LogP contribution in [0.15, 0.2) is 23.5 Å². The third kappa shape index (κ3) is 3.80. The number of hydrogen-bond acceptors (Lipinski definition) is 5. The number of hydrogen-bond donors (Lipinski definition) is 1. The zero-order chi connectivity index (χ0) is 19.7.